The van der Waals surface area contributed by atoms with E-state index in [2.05, 4.69) is 4.74 Å². The molecule has 1 rings (SSSR count). The van der Waals surface area contributed by atoms with Crippen molar-refractivity contribution in [3.8, 4) is 6.07 Å². The maximum atomic E-state index is 10.7. The molecule has 1 fully saturated rings. The van der Waals surface area contributed by atoms with E-state index in [1.807, 2.05) is 6.07 Å². The molecule has 0 radical (unpaired) electrons. The average Bonchev–Trinajstić information content (AvgIpc) is 1.95. The summed E-state index contributed by atoms with van der Waals surface area (Å²) in [6, 6.07) is 1.89. The predicted octanol–water partition coefficient (Wildman–Crippen LogP) is 0.351. The second-order valence-electron chi connectivity index (χ2n) is 2.21. The molecule has 4 nitrogen and oxygen atoms in total. The summed E-state index contributed by atoms with van der Waals surface area (Å²) >= 11 is 0. The van der Waals surface area contributed by atoms with Crippen molar-refractivity contribution in [3.63, 3.8) is 0 Å². The summed E-state index contributed by atoms with van der Waals surface area (Å²) < 4.78 is 4.67. The Labute approximate surface area is 59.0 Å². The third-order valence-electron chi connectivity index (χ3n) is 1.43. The van der Waals surface area contributed by atoms with Crippen molar-refractivity contribution in [2.75, 3.05) is 13.6 Å². The minimum atomic E-state index is -0.538. The van der Waals surface area contributed by atoms with Crippen LogP contribution in [0, 0.1) is 11.3 Å². The number of rotatable bonds is 0. The third kappa shape index (κ3) is 1.18. The first kappa shape index (κ1) is 6.87. The average molecular weight is 140 g/mol. The van der Waals surface area contributed by atoms with Gasteiger partial charge in [0.25, 0.3) is 0 Å². The van der Waals surface area contributed by atoms with Gasteiger partial charge in [-0.25, -0.2) is 4.79 Å². The van der Waals surface area contributed by atoms with E-state index in [-0.39, 0.29) is 0 Å². The summed E-state index contributed by atoms with van der Waals surface area (Å²) in [6.45, 7) is 0.608. The summed E-state index contributed by atoms with van der Waals surface area (Å²) in [5, 5.41) is 8.35. The first-order valence-corrected chi connectivity index (χ1v) is 3.05. The van der Waals surface area contributed by atoms with Gasteiger partial charge in [-0.2, -0.15) is 5.26 Å². The Kier molecular flexibility index (Phi) is 1.76. The zero-order valence-electron chi connectivity index (χ0n) is 5.70. The van der Waals surface area contributed by atoms with Crippen LogP contribution in [0.5, 0.6) is 0 Å². The monoisotopic (exact) mass is 140 g/mol. The predicted molar refractivity (Wildman–Crippen MR) is 33.1 cm³/mol. The lowest BCUT2D eigenvalue weighted by Crippen LogP contribution is -2.38. The Balaban J connectivity index is 2.50. The molecular weight excluding hydrogens is 132 g/mol. The lowest BCUT2D eigenvalue weighted by atomic mass is 10.2. The van der Waals surface area contributed by atoms with E-state index >= 15 is 0 Å². The molecule has 1 atom stereocenters. The molecule has 0 aromatic carbocycles. The van der Waals surface area contributed by atoms with Gasteiger partial charge in [-0.1, -0.05) is 0 Å². The zero-order chi connectivity index (χ0) is 7.56. The van der Waals surface area contributed by atoms with Gasteiger partial charge in [-0.15, -0.1) is 0 Å². The van der Waals surface area contributed by atoms with Crippen molar-refractivity contribution in [2.24, 2.45) is 0 Å². The van der Waals surface area contributed by atoms with Gasteiger partial charge in [0.1, 0.15) is 6.07 Å². The molecule has 1 unspecified atom stereocenters. The Hall–Kier alpha value is -1.24. The minimum Gasteiger partial charge on any atom is -0.431 e. The lowest BCUT2D eigenvalue weighted by molar-refractivity contribution is 0.0567. The van der Waals surface area contributed by atoms with Crippen molar-refractivity contribution in [1.29, 1.82) is 5.26 Å². The van der Waals surface area contributed by atoms with Crippen LogP contribution >= 0.6 is 0 Å². The highest BCUT2D eigenvalue weighted by atomic mass is 16.6. The molecule has 1 heterocycles. The maximum Gasteiger partial charge on any atom is 0.410 e. The summed E-state index contributed by atoms with van der Waals surface area (Å²) in [5.74, 6) is 0. The lowest BCUT2D eigenvalue weighted by Gasteiger charge is -2.24. The van der Waals surface area contributed by atoms with Crippen LogP contribution in [0.4, 0.5) is 4.79 Å². The normalized spacial score (nSPS) is 25.4. The maximum absolute atomic E-state index is 10.7. The van der Waals surface area contributed by atoms with E-state index in [0.29, 0.717) is 13.0 Å². The molecule has 0 aromatic heterocycles. The Morgan fingerprint density at radius 2 is 2.60 bits per heavy atom. The Morgan fingerprint density at radius 3 is 3.10 bits per heavy atom. The number of carbonyl (C=O) groups excluding carboxylic acids is 1. The molecule has 0 aromatic rings. The SMILES string of the molecule is CN1CCC(C#N)OC1=O. The van der Waals surface area contributed by atoms with Gasteiger partial charge in [-0.3, -0.25) is 0 Å². The van der Waals surface area contributed by atoms with Gasteiger partial charge < -0.3 is 9.64 Å². The highest BCUT2D eigenvalue weighted by Gasteiger charge is 2.23. The van der Waals surface area contributed by atoms with E-state index < -0.39 is 12.2 Å². The number of hydrogen-bond donors (Lipinski definition) is 0. The van der Waals surface area contributed by atoms with Crippen LogP contribution in [-0.4, -0.2) is 30.7 Å². The first-order valence-electron chi connectivity index (χ1n) is 3.05. The standard InChI is InChI=1S/C6H8N2O2/c1-8-3-2-5(4-7)10-6(8)9/h5H,2-3H2,1H3. The van der Waals surface area contributed by atoms with Crippen molar-refractivity contribution < 1.29 is 9.53 Å². The molecule has 0 bridgehead atoms. The number of nitriles is 1. The molecule has 0 spiro atoms. The largest absolute Gasteiger partial charge is 0.431 e. The second kappa shape index (κ2) is 2.56. The molecule has 1 amide bonds. The van der Waals surface area contributed by atoms with Gasteiger partial charge in [0.05, 0.1) is 0 Å². The number of nitrogens with zero attached hydrogens (tertiary/aromatic N) is 2. The van der Waals surface area contributed by atoms with Gasteiger partial charge in [0.15, 0.2) is 6.10 Å². The van der Waals surface area contributed by atoms with Crippen LogP contribution in [-0.2, 0) is 4.74 Å². The van der Waals surface area contributed by atoms with E-state index in [4.69, 9.17) is 5.26 Å². The first-order chi connectivity index (χ1) is 4.74. The molecule has 1 aliphatic rings. The van der Waals surface area contributed by atoms with Gasteiger partial charge >= 0.3 is 6.09 Å². The van der Waals surface area contributed by atoms with Crippen LogP contribution in [0.3, 0.4) is 0 Å². The zero-order valence-corrected chi connectivity index (χ0v) is 5.70. The van der Waals surface area contributed by atoms with Gasteiger partial charge in [0, 0.05) is 20.0 Å². The summed E-state index contributed by atoms with van der Waals surface area (Å²) in [6.07, 6.45) is -0.333. The smallest absolute Gasteiger partial charge is 0.410 e. The van der Waals surface area contributed by atoms with Crippen molar-refractivity contribution in [2.45, 2.75) is 12.5 Å². The molecule has 1 aliphatic heterocycles. The summed E-state index contributed by atoms with van der Waals surface area (Å²) in [4.78, 5) is 12.2. The number of ether oxygens (including phenoxy) is 1. The van der Waals surface area contributed by atoms with Crippen LogP contribution in [0.2, 0.25) is 0 Å². The quantitative estimate of drug-likeness (QED) is 0.488. The Bertz CT molecular complexity index is 185. The van der Waals surface area contributed by atoms with Crippen molar-refractivity contribution >= 4 is 6.09 Å². The molecule has 0 saturated carbocycles. The molecule has 0 aliphatic carbocycles. The van der Waals surface area contributed by atoms with E-state index in [0.717, 1.165) is 0 Å². The fourth-order valence-electron chi connectivity index (χ4n) is 0.764. The topological polar surface area (TPSA) is 53.3 Å². The highest BCUT2D eigenvalue weighted by molar-refractivity contribution is 5.68. The fourth-order valence-corrected chi connectivity index (χ4v) is 0.764. The van der Waals surface area contributed by atoms with Crippen LogP contribution in [0.25, 0.3) is 0 Å². The number of amides is 1. The number of hydrogen-bond acceptors (Lipinski definition) is 3. The number of cyclic esters (lactones) is 1. The minimum absolute atomic E-state index is 0.405. The fraction of sp³-hybridized carbons (Fsp3) is 0.667. The van der Waals surface area contributed by atoms with Crippen LogP contribution in [0.1, 0.15) is 6.42 Å². The van der Waals surface area contributed by atoms with Gasteiger partial charge in [0.2, 0.25) is 0 Å². The molecule has 1 saturated heterocycles. The third-order valence-corrected chi connectivity index (χ3v) is 1.43. The molecule has 4 heteroatoms. The summed E-state index contributed by atoms with van der Waals surface area (Å²) in [7, 11) is 1.65. The van der Waals surface area contributed by atoms with Crippen molar-refractivity contribution in [1.82, 2.24) is 4.90 Å². The van der Waals surface area contributed by atoms with Gasteiger partial charge in [-0.05, 0) is 0 Å². The van der Waals surface area contributed by atoms with Crippen LogP contribution < -0.4 is 0 Å². The second-order valence-corrected chi connectivity index (χ2v) is 2.21. The molecular formula is C6H8N2O2. The van der Waals surface area contributed by atoms with Crippen molar-refractivity contribution in [3.05, 3.63) is 0 Å². The van der Waals surface area contributed by atoms with E-state index in [9.17, 15) is 4.79 Å². The molecule has 0 N–H and O–H groups in total. The van der Waals surface area contributed by atoms with Crippen LogP contribution in [0.15, 0.2) is 0 Å². The molecule has 10 heavy (non-hydrogen) atoms. The van der Waals surface area contributed by atoms with E-state index in [1.165, 1.54) is 4.90 Å². The molecule has 54 valence electrons. The Morgan fingerprint density at radius 1 is 1.90 bits per heavy atom. The van der Waals surface area contributed by atoms with E-state index in [1.54, 1.807) is 7.05 Å². The number of carbonyl (C=O) groups is 1. The highest BCUT2D eigenvalue weighted by Crippen LogP contribution is 2.08. The summed E-state index contributed by atoms with van der Waals surface area (Å²) in [5.41, 5.74) is 0.